The third-order valence-electron chi connectivity index (χ3n) is 6.26. The molecule has 28 heavy (non-hydrogen) atoms. The number of hydrogen-bond donors (Lipinski definition) is 0. The summed E-state index contributed by atoms with van der Waals surface area (Å²) in [5.74, 6) is 1.63. The minimum atomic E-state index is 0.0466. The number of rotatable bonds is 5. The summed E-state index contributed by atoms with van der Waals surface area (Å²) in [7, 11) is 0. The number of aryl methyl sites for hydroxylation is 2. The van der Waals surface area contributed by atoms with Crippen LogP contribution in [0.25, 0.3) is 0 Å². The van der Waals surface area contributed by atoms with E-state index in [-0.39, 0.29) is 5.56 Å². The zero-order valence-corrected chi connectivity index (χ0v) is 16.4. The Labute approximate surface area is 165 Å². The maximum atomic E-state index is 12.3. The normalized spacial score (nSPS) is 20.2. The molecule has 0 aromatic carbocycles. The second-order valence-electron chi connectivity index (χ2n) is 8.30. The van der Waals surface area contributed by atoms with Gasteiger partial charge in [0, 0.05) is 44.7 Å². The molecular weight excluding hydrogens is 352 g/mol. The Kier molecular flexibility index (Phi) is 4.84. The van der Waals surface area contributed by atoms with Gasteiger partial charge in [-0.1, -0.05) is 0 Å². The van der Waals surface area contributed by atoms with Crippen molar-refractivity contribution >= 4 is 5.82 Å². The Hall–Kier alpha value is -2.28. The van der Waals surface area contributed by atoms with Gasteiger partial charge < -0.3 is 4.90 Å². The first-order chi connectivity index (χ1) is 13.8. The van der Waals surface area contributed by atoms with E-state index < -0.39 is 0 Å². The summed E-state index contributed by atoms with van der Waals surface area (Å²) in [5, 5.41) is 13.5. The first-order valence-electron chi connectivity index (χ1n) is 10.7. The molecule has 2 aromatic rings. The highest BCUT2D eigenvalue weighted by Crippen LogP contribution is 2.38. The fraction of sp³-hybridized carbons (Fsp3) is 0.619. The van der Waals surface area contributed by atoms with Gasteiger partial charge in [0.15, 0.2) is 5.82 Å². The van der Waals surface area contributed by atoms with E-state index in [0.29, 0.717) is 12.5 Å². The van der Waals surface area contributed by atoms with Crippen molar-refractivity contribution in [2.75, 3.05) is 37.6 Å². The molecule has 2 aromatic heterocycles. The quantitative estimate of drug-likeness (QED) is 0.785. The molecular formula is C21H28N6O. The number of anilines is 1. The van der Waals surface area contributed by atoms with Gasteiger partial charge in [0.05, 0.1) is 17.9 Å². The maximum absolute atomic E-state index is 12.3. The van der Waals surface area contributed by atoms with Crippen LogP contribution in [0, 0.1) is 0 Å². The van der Waals surface area contributed by atoms with Crippen LogP contribution in [0.4, 0.5) is 5.82 Å². The largest absolute Gasteiger partial charge is 0.353 e. The number of aromatic nitrogens is 4. The lowest BCUT2D eigenvalue weighted by Crippen LogP contribution is -2.48. The van der Waals surface area contributed by atoms with Crippen LogP contribution in [0.3, 0.4) is 0 Å². The Morgan fingerprint density at radius 2 is 1.79 bits per heavy atom. The lowest BCUT2D eigenvalue weighted by Gasteiger charge is -2.35. The predicted octanol–water partition coefficient (Wildman–Crippen LogP) is 1.61. The van der Waals surface area contributed by atoms with Crippen LogP contribution in [-0.4, -0.2) is 57.6 Å². The van der Waals surface area contributed by atoms with Crippen LogP contribution < -0.4 is 10.5 Å². The van der Waals surface area contributed by atoms with Gasteiger partial charge in [0.25, 0.3) is 5.56 Å². The van der Waals surface area contributed by atoms with Crippen LogP contribution in [0.1, 0.15) is 48.6 Å². The predicted molar refractivity (Wildman–Crippen MR) is 108 cm³/mol. The van der Waals surface area contributed by atoms with E-state index in [1.807, 2.05) is 6.07 Å². The number of hydrogen-bond acceptors (Lipinski definition) is 6. The summed E-state index contributed by atoms with van der Waals surface area (Å²) in [5.41, 5.74) is 3.48. The lowest BCUT2D eigenvalue weighted by molar-refractivity contribution is 0.241. The molecule has 2 aliphatic carbocycles. The Balaban J connectivity index is 1.15. The molecule has 0 N–H and O–H groups in total. The van der Waals surface area contributed by atoms with Crippen molar-refractivity contribution in [2.45, 2.75) is 51.0 Å². The molecule has 0 radical (unpaired) electrons. The maximum Gasteiger partial charge on any atom is 0.267 e. The molecule has 7 nitrogen and oxygen atoms in total. The average molecular weight is 380 g/mol. The SMILES string of the molecule is O=c1cc2c(nn1CCN1CCN(c3ccc(C4CC4)nn3)CC1)CCCC2. The van der Waals surface area contributed by atoms with Gasteiger partial charge in [-0.2, -0.15) is 10.2 Å². The van der Waals surface area contributed by atoms with Crippen LogP contribution >= 0.6 is 0 Å². The van der Waals surface area contributed by atoms with Crippen molar-refractivity contribution < 1.29 is 0 Å². The van der Waals surface area contributed by atoms with Crippen LogP contribution in [-0.2, 0) is 19.4 Å². The molecule has 7 heteroatoms. The molecule has 1 aliphatic heterocycles. The van der Waals surface area contributed by atoms with Gasteiger partial charge in [0.2, 0.25) is 0 Å². The Morgan fingerprint density at radius 1 is 0.964 bits per heavy atom. The molecule has 0 unspecified atom stereocenters. The van der Waals surface area contributed by atoms with Crippen molar-refractivity contribution in [3.05, 3.63) is 45.5 Å². The van der Waals surface area contributed by atoms with E-state index >= 15 is 0 Å². The second kappa shape index (κ2) is 7.62. The van der Waals surface area contributed by atoms with Crippen molar-refractivity contribution in [1.29, 1.82) is 0 Å². The van der Waals surface area contributed by atoms with Gasteiger partial charge in [-0.25, -0.2) is 4.68 Å². The van der Waals surface area contributed by atoms with Crippen LogP contribution in [0.15, 0.2) is 23.0 Å². The lowest BCUT2D eigenvalue weighted by atomic mass is 9.97. The van der Waals surface area contributed by atoms with Crippen molar-refractivity contribution in [1.82, 2.24) is 24.9 Å². The zero-order valence-electron chi connectivity index (χ0n) is 16.4. The Morgan fingerprint density at radius 3 is 2.54 bits per heavy atom. The molecule has 5 rings (SSSR count). The Bertz CT molecular complexity index is 881. The van der Waals surface area contributed by atoms with Crippen molar-refractivity contribution in [2.24, 2.45) is 0 Å². The average Bonchev–Trinajstić information content (AvgIpc) is 3.58. The molecule has 0 spiro atoms. The number of piperazine rings is 1. The van der Waals surface area contributed by atoms with E-state index in [1.165, 1.54) is 25.7 Å². The minimum absolute atomic E-state index is 0.0466. The highest BCUT2D eigenvalue weighted by atomic mass is 16.1. The monoisotopic (exact) mass is 380 g/mol. The molecule has 0 bridgehead atoms. The van der Waals surface area contributed by atoms with E-state index in [4.69, 9.17) is 0 Å². The van der Waals surface area contributed by atoms with E-state index in [2.05, 4.69) is 37.2 Å². The number of fused-ring (bicyclic) bond motifs is 1. The van der Waals surface area contributed by atoms with Gasteiger partial charge >= 0.3 is 0 Å². The highest BCUT2D eigenvalue weighted by molar-refractivity contribution is 5.38. The van der Waals surface area contributed by atoms with E-state index in [0.717, 1.165) is 68.3 Å². The summed E-state index contributed by atoms with van der Waals surface area (Å²) in [6, 6.07) is 6.07. The summed E-state index contributed by atoms with van der Waals surface area (Å²) >= 11 is 0. The van der Waals surface area contributed by atoms with Gasteiger partial charge in [0.1, 0.15) is 0 Å². The van der Waals surface area contributed by atoms with E-state index in [1.54, 1.807) is 4.68 Å². The summed E-state index contributed by atoms with van der Waals surface area (Å²) in [6.45, 7) is 5.39. The first kappa shape index (κ1) is 17.8. The fourth-order valence-corrected chi connectivity index (χ4v) is 4.30. The van der Waals surface area contributed by atoms with Gasteiger partial charge in [-0.3, -0.25) is 9.69 Å². The third kappa shape index (κ3) is 3.81. The molecule has 3 heterocycles. The third-order valence-corrected chi connectivity index (χ3v) is 6.26. The fourth-order valence-electron chi connectivity index (χ4n) is 4.30. The summed E-state index contributed by atoms with van der Waals surface area (Å²) < 4.78 is 1.67. The highest BCUT2D eigenvalue weighted by Gasteiger charge is 2.26. The van der Waals surface area contributed by atoms with Crippen LogP contribution in [0.2, 0.25) is 0 Å². The molecule has 0 atom stereocenters. The molecule has 2 fully saturated rings. The zero-order chi connectivity index (χ0) is 18.9. The van der Waals surface area contributed by atoms with Crippen molar-refractivity contribution in [3.8, 4) is 0 Å². The molecule has 1 saturated heterocycles. The molecule has 3 aliphatic rings. The topological polar surface area (TPSA) is 67.2 Å². The van der Waals surface area contributed by atoms with E-state index in [9.17, 15) is 4.79 Å². The smallest absolute Gasteiger partial charge is 0.267 e. The second-order valence-corrected chi connectivity index (χ2v) is 8.30. The van der Waals surface area contributed by atoms with Gasteiger partial charge in [-0.05, 0) is 56.2 Å². The summed E-state index contributed by atoms with van der Waals surface area (Å²) in [4.78, 5) is 17.1. The number of nitrogens with zero attached hydrogens (tertiary/aromatic N) is 6. The van der Waals surface area contributed by atoms with Crippen LogP contribution in [0.5, 0.6) is 0 Å². The minimum Gasteiger partial charge on any atom is -0.353 e. The first-order valence-corrected chi connectivity index (χ1v) is 10.7. The standard InChI is InChI=1S/C21H28N6O/c28-21-15-17-3-1-2-4-19(17)24-27(21)14-11-25-9-12-26(13-10-25)20-8-7-18(22-23-20)16-5-6-16/h7-8,15-16H,1-6,9-14H2. The molecule has 148 valence electrons. The molecule has 0 amide bonds. The molecule has 1 saturated carbocycles. The van der Waals surface area contributed by atoms with Crippen molar-refractivity contribution in [3.63, 3.8) is 0 Å². The van der Waals surface area contributed by atoms with Gasteiger partial charge in [-0.15, -0.1) is 5.10 Å². The summed E-state index contributed by atoms with van der Waals surface area (Å²) in [6.07, 6.45) is 6.89.